The SMILES string of the molecule is COc1ccc(C=NNC(=O)c2cc3cccc(C)c3nc2C)cc1O. The van der Waals surface area contributed by atoms with Gasteiger partial charge in [0.15, 0.2) is 11.5 Å². The number of aromatic hydroxyl groups is 1. The molecule has 0 saturated carbocycles. The zero-order valence-electron chi connectivity index (χ0n) is 14.8. The van der Waals surface area contributed by atoms with Crippen LogP contribution >= 0.6 is 0 Å². The normalized spacial score (nSPS) is 11.0. The van der Waals surface area contributed by atoms with E-state index in [-0.39, 0.29) is 11.7 Å². The quantitative estimate of drug-likeness (QED) is 0.559. The number of fused-ring (bicyclic) bond motifs is 1. The summed E-state index contributed by atoms with van der Waals surface area (Å²) in [5.74, 6) is 0.0412. The molecule has 3 aromatic rings. The van der Waals surface area contributed by atoms with Gasteiger partial charge >= 0.3 is 0 Å². The van der Waals surface area contributed by atoms with E-state index in [0.29, 0.717) is 22.6 Å². The summed E-state index contributed by atoms with van der Waals surface area (Å²) in [4.78, 5) is 17.0. The largest absolute Gasteiger partial charge is 0.504 e. The molecule has 26 heavy (non-hydrogen) atoms. The van der Waals surface area contributed by atoms with E-state index in [9.17, 15) is 9.90 Å². The summed E-state index contributed by atoms with van der Waals surface area (Å²) in [5.41, 5.74) is 6.19. The van der Waals surface area contributed by atoms with Crippen LogP contribution in [0.1, 0.15) is 27.2 Å². The van der Waals surface area contributed by atoms with Crippen LogP contribution in [0, 0.1) is 13.8 Å². The number of benzene rings is 2. The third-order valence-corrected chi connectivity index (χ3v) is 4.07. The van der Waals surface area contributed by atoms with Gasteiger partial charge in [-0.3, -0.25) is 9.78 Å². The van der Waals surface area contributed by atoms with Crippen LogP contribution < -0.4 is 10.2 Å². The number of rotatable bonds is 4. The van der Waals surface area contributed by atoms with Crippen LogP contribution in [0.4, 0.5) is 0 Å². The summed E-state index contributed by atoms with van der Waals surface area (Å²) in [7, 11) is 1.48. The van der Waals surface area contributed by atoms with Crippen molar-refractivity contribution in [3.63, 3.8) is 0 Å². The van der Waals surface area contributed by atoms with Gasteiger partial charge in [0.1, 0.15) is 0 Å². The molecule has 0 spiro atoms. The predicted octanol–water partition coefficient (Wildman–Crippen LogP) is 3.33. The van der Waals surface area contributed by atoms with E-state index in [1.54, 1.807) is 19.1 Å². The van der Waals surface area contributed by atoms with E-state index in [1.807, 2.05) is 31.2 Å². The van der Waals surface area contributed by atoms with Gasteiger partial charge < -0.3 is 9.84 Å². The highest BCUT2D eigenvalue weighted by Crippen LogP contribution is 2.25. The number of hydrogen-bond acceptors (Lipinski definition) is 5. The number of ether oxygens (including phenoxy) is 1. The summed E-state index contributed by atoms with van der Waals surface area (Å²) in [5, 5.41) is 14.6. The molecule has 3 rings (SSSR count). The summed E-state index contributed by atoms with van der Waals surface area (Å²) < 4.78 is 4.99. The van der Waals surface area contributed by atoms with Crippen LogP contribution in [0.5, 0.6) is 11.5 Å². The predicted molar refractivity (Wildman–Crippen MR) is 101 cm³/mol. The Balaban J connectivity index is 1.79. The Bertz CT molecular complexity index is 1010. The van der Waals surface area contributed by atoms with Crippen molar-refractivity contribution in [1.82, 2.24) is 10.4 Å². The highest BCUT2D eigenvalue weighted by Gasteiger charge is 2.12. The third-order valence-electron chi connectivity index (χ3n) is 4.07. The molecule has 0 unspecified atom stereocenters. The maximum atomic E-state index is 12.4. The molecular weight excluding hydrogens is 330 g/mol. The van der Waals surface area contributed by atoms with Crippen LogP contribution in [0.2, 0.25) is 0 Å². The van der Waals surface area contributed by atoms with Crippen molar-refractivity contribution in [1.29, 1.82) is 0 Å². The lowest BCUT2D eigenvalue weighted by molar-refractivity contribution is 0.0954. The van der Waals surface area contributed by atoms with Gasteiger partial charge in [-0.15, -0.1) is 0 Å². The van der Waals surface area contributed by atoms with Gasteiger partial charge in [-0.05, 0) is 49.2 Å². The maximum absolute atomic E-state index is 12.4. The molecule has 6 heteroatoms. The highest BCUT2D eigenvalue weighted by molar-refractivity contribution is 5.99. The average Bonchev–Trinajstić information content (AvgIpc) is 2.62. The number of aryl methyl sites for hydroxylation is 2. The number of hydrazone groups is 1. The maximum Gasteiger partial charge on any atom is 0.273 e. The zero-order valence-corrected chi connectivity index (χ0v) is 14.8. The lowest BCUT2D eigenvalue weighted by Crippen LogP contribution is -2.19. The monoisotopic (exact) mass is 349 g/mol. The number of nitrogens with zero attached hydrogens (tertiary/aromatic N) is 2. The van der Waals surface area contributed by atoms with Crippen molar-refractivity contribution in [3.05, 3.63) is 64.8 Å². The lowest BCUT2D eigenvalue weighted by atomic mass is 10.1. The third kappa shape index (κ3) is 3.49. The Morgan fingerprint density at radius 1 is 1.23 bits per heavy atom. The van der Waals surface area contributed by atoms with E-state index < -0.39 is 0 Å². The number of hydrogen-bond donors (Lipinski definition) is 2. The number of aromatic nitrogens is 1. The van der Waals surface area contributed by atoms with E-state index in [1.165, 1.54) is 19.4 Å². The van der Waals surface area contributed by atoms with Gasteiger partial charge in [-0.2, -0.15) is 5.10 Å². The van der Waals surface area contributed by atoms with Gasteiger partial charge in [-0.1, -0.05) is 18.2 Å². The van der Waals surface area contributed by atoms with Gasteiger partial charge in [0.25, 0.3) is 5.91 Å². The van der Waals surface area contributed by atoms with Gasteiger partial charge in [0.05, 0.1) is 30.1 Å². The molecule has 1 aromatic heterocycles. The minimum absolute atomic E-state index is 0.00715. The Hall–Kier alpha value is -3.41. The van der Waals surface area contributed by atoms with Crippen LogP contribution in [0.25, 0.3) is 10.9 Å². The van der Waals surface area contributed by atoms with Crippen molar-refractivity contribution >= 4 is 23.0 Å². The number of carbonyl (C=O) groups is 1. The lowest BCUT2D eigenvalue weighted by Gasteiger charge is -2.08. The molecule has 2 N–H and O–H groups in total. The first kappa shape index (κ1) is 17.4. The first-order valence-electron chi connectivity index (χ1n) is 8.07. The molecule has 6 nitrogen and oxygen atoms in total. The van der Waals surface area contributed by atoms with Crippen molar-refractivity contribution in [2.45, 2.75) is 13.8 Å². The fourth-order valence-corrected chi connectivity index (χ4v) is 2.68. The van der Waals surface area contributed by atoms with Gasteiger partial charge in [0, 0.05) is 5.39 Å². The molecule has 1 heterocycles. The standard InChI is InChI=1S/C20H19N3O3/c1-12-5-4-6-15-10-16(13(2)22-19(12)15)20(25)23-21-11-14-7-8-18(26-3)17(24)9-14/h4-11,24H,1-3H3,(H,23,25). The van der Waals surface area contributed by atoms with Crippen LogP contribution in [0.3, 0.4) is 0 Å². The number of carbonyl (C=O) groups excluding carboxylic acids is 1. The number of phenols is 1. The van der Waals surface area contributed by atoms with Crippen LogP contribution in [-0.4, -0.2) is 29.3 Å². The Labute approximate surface area is 151 Å². The molecule has 0 atom stereocenters. The van der Waals surface area contributed by atoms with Crippen molar-refractivity contribution < 1.29 is 14.6 Å². The first-order valence-corrected chi connectivity index (χ1v) is 8.07. The number of amides is 1. The number of nitrogens with one attached hydrogen (secondary N) is 1. The van der Waals surface area contributed by atoms with Crippen LogP contribution in [-0.2, 0) is 0 Å². The second kappa shape index (κ2) is 7.23. The molecule has 2 aromatic carbocycles. The van der Waals surface area contributed by atoms with E-state index in [0.717, 1.165) is 16.5 Å². The summed E-state index contributed by atoms with van der Waals surface area (Å²) in [6, 6.07) is 12.5. The van der Waals surface area contributed by atoms with Crippen molar-refractivity contribution in [2.24, 2.45) is 5.10 Å². The van der Waals surface area contributed by atoms with Gasteiger partial charge in [0.2, 0.25) is 0 Å². The molecule has 132 valence electrons. The molecule has 1 amide bonds. The molecule has 0 aliphatic carbocycles. The van der Waals surface area contributed by atoms with Gasteiger partial charge in [-0.25, -0.2) is 5.43 Å². The molecule has 0 saturated heterocycles. The van der Waals surface area contributed by atoms with E-state index in [2.05, 4.69) is 15.5 Å². The smallest absolute Gasteiger partial charge is 0.273 e. The fraction of sp³-hybridized carbons (Fsp3) is 0.150. The number of pyridine rings is 1. The average molecular weight is 349 g/mol. The number of phenolic OH excluding ortho intramolecular Hbond substituents is 1. The number of para-hydroxylation sites is 1. The zero-order chi connectivity index (χ0) is 18.7. The fourth-order valence-electron chi connectivity index (χ4n) is 2.68. The minimum Gasteiger partial charge on any atom is -0.504 e. The van der Waals surface area contributed by atoms with E-state index in [4.69, 9.17) is 4.74 Å². The summed E-state index contributed by atoms with van der Waals surface area (Å²) in [6.07, 6.45) is 1.45. The van der Waals surface area contributed by atoms with Crippen molar-refractivity contribution in [3.8, 4) is 11.5 Å². The molecule has 0 fully saturated rings. The van der Waals surface area contributed by atoms with E-state index >= 15 is 0 Å². The molecule has 0 aliphatic heterocycles. The molecule has 0 radical (unpaired) electrons. The first-order chi connectivity index (χ1) is 12.5. The van der Waals surface area contributed by atoms with Crippen molar-refractivity contribution in [2.75, 3.05) is 7.11 Å². The minimum atomic E-state index is -0.340. The summed E-state index contributed by atoms with van der Waals surface area (Å²) in [6.45, 7) is 3.79. The molecule has 0 aliphatic rings. The highest BCUT2D eigenvalue weighted by atomic mass is 16.5. The Morgan fingerprint density at radius 3 is 2.77 bits per heavy atom. The van der Waals surface area contributed by atoms with Crippen LogP contribution in [0.15, 0.2) is 47.6 Å². The Kier molecular flexibility index (Phi) is 4.84. The second-order valence-electron chi connectivity index (χ2n) is 5.90. The summed E-state index contributed by atoms with van der Waals surface area (Å²) >= 11 is 0. The Morgan fingerprint density at radius 2 is 2.04 bits per heavy atom. The topological polar surface area (TPSA) is 83.8 Å². The second-order valence-corrected chi connectivity index (χ2v) is 5.90. The molecule has 0 bridgehead atoms. The molecular formula is C20H19N3O3. The number of methoxy groups -OCH3 is 1.